The van der Waals surface area contributed by atoms with Crippen molar-refractivity contribution in [3.8, 4) is 0 Å². The number of rotatable bonds is 20. The summed E-state index contributed by atoms with van der Waals surface area (Å²) in [6.07, 6.45) is -1.66. The van der Waals surface area contributed by atoms with Crippen LogP contribution in [0.2, 0.25) is 21.1 Å². The SMILES string of the molecule is CC[C@H]1O[C@@H](n2cnc3c(N)nc(Cl)nc32)C(OC(=O)c2ccccc2)[C@H]1OC(=O)c1ccccc1.CC[C@H]1O[C@@H](n2cnc3nc(Cl)nc(N)c32)C(OC(=O)c2ccccc2)[C@H]1OC(=O)c1ccccc1.CC[C@H]1O[C@H](n2cnc3c(N)nc(Cl)nc32)C(C)[C@H]1C.CC[C@H]1O[C@H](n2cnc3nc(Cl)nc(N)c32)C(OC(=O)c2ccccc2)[C@H]1OC(=O)c1ccccc1. The number of fused-ring (bicyclic) bond motifs is 4. The fourth-order valence-corrected chi connectivity index (χ4v) is 16.1. The molecule has 0 bridgehead atoms. The number of anilines is 4. The normalized spacial score (nSPS) is 22.8. The molecule has 4 unspecified atom stereocenters. The number of carbonyl (C=O) groups is 6. The summed E-state index contributed by atoms with van der Waals surface area (Å²) in [5.41, 5.74) is 29.2. The van der Waals surface area contributed by atoms with E-state index in [0.717, 1.165) is 6.42 Å². The quantitative estimate of drug-likeness (QED) is 0.0313. The minimum absolute atomic E-state index is 0.0502. The molecule has 12 heterocycles. The lowest BCUT2D eigenvalue weighted by atomic mass is 9.91. The van der Waals surface area contributed by atoms with Gasteiger partial charge in [-0.25, -0.2) is 48.7 Å². The number of aromatic nitrogens is 16. The van der Waals surface area contributed by atoms with E-state index < -0.39 is 109 Å². The van der Waals surface area contributed by atoms with Crippen LogP contribution in [0.3, 0.4) is 0 Å². The Morgan fingerprint density at radius 2 is 0.547 bits per heavy atom. The first-order valence-corrected chi connectivity index (χ1v) is 42.2. The Labute approximate surface area is 749 Å². The minimum atomic E-state index is -1.03. The molecule has 660 valence electrons. The van der Waals surface area contributed by atoms with Crippen LogP contribution in [0.5, 0.6) is 0 Å². The van der Waals surface area contributed by atoms with E-state index in [0.29, 0.717) is 104 Å². The van der Waals surface area contributed by atoms with Crippen LogP contribution in [0.25, 0.3) is 44.7 Å². The second kappa shape index (κ2) is 39.6. The molecule has 4 saturated heterocycles. The highest BCUT2D eigenvalue weighted by molar-refractivity contribution is 6.29. The minimum Gasteiger partial charge on any atom is -0.452 e. The second-order valence-corrected chi connectivity index (χ2v) is 31.2. The van der Waals surface area contributed by atoms with Crippen molar-refractivity contribution in [2.75, 3.05) is 22.9 Å². The van der Waals surface area contributed by atoms with Crippen molar-refractivity contribution < 1.29 is 76.1 Å². The van der Waals surface area contributed by atoms with Crippen molar-refractivity contribution in [1.82, 2.24) is 78.1 Å². The van der Waals surface area contributed by atoms with Gasteiger partial charge < -0.3 is 70.3 Å². The predicted molar refractivity (Wildman–Crippen MR) is 468 cm³/mol. The van der Waals surface area contributed by atoms with Gasteiger partial charge in [-0.3, -0.25) is 18.3 Å². The number of nitrogen functional groups attached to an aromatic ring is 4. The van der Waals surface area contributed by atoms with Gasteiger partial charge in [-0.2, -0.15) is 39.9 Å². The van der Waals surface area contributed by atoms with E-state index in [9.17, 15) is 28.8 Å². The molecule has 8 N–H and O–H groups in total. The highest BCUT2D eigenvalue weighted by Crippen LogP contribution is 2.45. The summed E-state index contributed by atoms with van der Waals surface area (Å²) in [5, 5.41) is -0.0457. The molecule has 4 fully saturated rings. The zero-order chi connectivity index (χ0) is 90.1. The van der Waals surface area contributed by atoms with Crippen LogP contribution >= 0.6 is 46.4 Å². The van der Waals surface area contributed by atoms with E-state index in [-0.39, 0.29) is 62.2 Å². The van der Waals surface area contributed by atoms with Crippen molar-refractivity contribution in [1.29, 1.82) is 0 Å². The average molecular weight is 1820 g/mol. The predicted octanol–water partition coefficient (Wildman–Crippen LogP) is 14.1. The molecule has 0 saturated carbocycles. The summed E-state index contributed by atoms with van der Waals surface area (Å²) < 4.78 is 67.0. The molecule has 0 amide bonds. The Kier molecular flexibility index (Phi) is 27.7. The van der Waals surface area contributed by atoms with Gasteiger partial charge in [0, 0.05) is 5.92 Å². The van der Waals surface area contributed by atoms with Crippen molar-refractivity contribution in [2.45, 2.75) is 153 Å². The Hall–Kier alpha value is -13.5. The van der Waals surface area contributed by atoms with Gasteiger partial charge in [-0.15, -0.1) is 0 Å². The summed E-state index contributed by atoms with van der Waals surface area (Å²) >= 11 is 23.8. The van der Waals surface area contributed by atoms with E-state index in [1.54, 1.807) is 202 Å². The molecule has 4 aliphatic heterocycles. The van der Waals surface area contributed by atoms with Crippen LogP contribution in [0.4, 0.5) is 23.3 Å². The van der Waals surface area contributed by atoms with Gasteiger partial charge in [0.25, 0.3) is 0 Å². The first-order valence-electron chi connectivity index (χ1n) is 40.7. The zero-order valence-electron chi connectivity index (χ0n) is 69.2. The van der Waals surface area contributed by atoms with Crippen molar-refractivity contribution in [2.24, 2.45) is 11.8 Å². The number of nitrogens with zero attached hydrogens (tertiary/aromatic N) is 16. The van der Waals surface area contributed by atoms with Gasteiger partial charge in [0.05, 0.1) is 52.1 Å². The van der Waals surface area contributed by atoms with Crippen LogP contribution < -0.4 is 22.9 Å². The van der Waals surface area contributed by atoms with Crippen molar-refractivity contribution in [3.63, 3.8) is 0 Å². The fourth-order valence-electron chi connectivity index (χ4n) is 15.5. The number of hydrogen-bond acceptors (Lipinski definition) is 32. The largest absolute Gasteiger partial charge is 0.452 e. The lowest BCUT2D eigenvalue weighted by molar-refractivity contribution is -0.0489. The molecule has 14 aromatic rings. The van der Waals surface area contributed by atoms with Crippen LogP contribution in [0.15, 0.2) is 207 Å². The lowest BCUT2D eigenvalue weighted by Crippen LogP contribution is -2.39. The third kappa shape index (κ3) is 19.1. The number of halogens is 4. The standard InChI is InChI=1S/3C25H22ClN5O5.C13H18ClN5O/c2*1-2-16-18(35-23(32)14-9-5-3-6-10-14)19(36-24(33)15-11-7-4-8-12-15)22(34-16)31-13-28-21-17(31)20(27)29-25(26)30-21;1-2-16-18(35-23(32)14-9-5-3-6-10-14)19(36-24(33)15-11-7-4-8-12-15)22(34-16)31-13-28-17-20(27)29-25(26)30-21(17)31;1-4-8-6(2)7(3)12(20-8)19-5-16-9-10(15)17-13(14)18-11(9)19/h3*3-13,16,18-19,22H,2H2,1H3,(H2,27,29,30);5-8,12H,4H2,1-3H3,(H2,15,17,18)/t16-,18+,19?,22+;2*16-,18+,19?,22-;6-,7?,8-,12+/m1111/s1. The molecule has 0 spiro atoms. The maximum Gasteiger partial charge on any atom is 0.338 e. The van der Waals surface area contributed by atoms with E-state index >= 15 is 0 Å². The third-order valence-corrected chi connectivity index (χ3v) is 22.6. The summed E-state index contributed by atoms with van der Waals surface area (Å²) in [4.78, 5) is 128. The smallest absolute Gasteiger partial charge is 0.338 e. The van der Waals surface area contributed by atoms with Gasteiger partial charge in [-0.1, -0.05) is 151 Å². The average Bonchev–Trinajstić information content (AvgIpc) is 1.61. The number of benzene rings is 6. The molecule has 8 aromatic heterocycles. The number of hydrogen-bond donors (Lipinski definition) is 4. The number of esters is 6. The Balaban J connectivity index is 0.000000134. The van der Waals surface area contributed by atoms with Gasteiger partial charge in [0.1, 0.15) is 59.3 Å². The molecule has 18 rings (SSSR count). The third-order valence-electron chi connectivity index (χ3n) is 22.0. The Bertz CT molecular complexity index is 6100. The van der Waals surface area contributed by atoms with Crippen LogP contribution in [-0.2, 0) is 47.4 Å². The molecule has 4 aliphatic rings. The Morgan fingerprint density at radius 1 is 0.305 bits per heavy atom. The van der Waals surface area contributed by atoms with Gasteiger partial charge in [0.2, 0.25) is 21.1 Å². The van der Waals surface area contributed by atoms with Crippen LogP contribution in [-0.4, -0.2) is 175 Å². The molecule has 36 nitrogen and oxygen atoms in total. The summed E-state index contributed by atoms with van der Waals surface area (Å²) in [6, 6.07) is 51.2. The summed E-state index contributed by atoms with van der Waals surface area (Å²) in [5.74, 6) is -2.06. The number of carbonyl (C=O) groups excluding carboxylic acids is 6. The zero-order valence-corrected chi connectivity index (χ0v) is 72.2. The number of imidazole rings is 4. The molecule has 0 aliphatic carbocycles. The molecule has 6 aromatic carbocycles. The van der Waals surface area contributed by atoms with Gasteiger partial charge in [0.15, 0.2) is 101 Å². The van der Waals surface area contributed by atoms with Gasteiger partial charge >= 0.3 is 35.8 Å². The summed E-state index contributed by atoms with van der Waals surface area (Å²) in [6.45, 7) is 12.2. The molecular weight excluding hydrogens is 1730 g/mol. The highest BCUT2D eigenvalue weighted by atomic mass is 35.5. The maximum atomic E-state index is 13.1. The van der Waals surface area contributed by atoms with E-state index in [1.165, 1.54) is 19.0 Å². The molecule has 16 atom stereocenters. The Morgan fingerprint density at radius 3 is 0.828 bits per heavy atom. The molecule has 0 radical (unpaired) electrons. The van der Waals surface area contributed by atoms with Gasteiger partial charge in [-0.05, 0) is 151 Å². The first-order chi connectivity index (χ1) is 61.9. The molecule has 40 heteroatoms. The molecule has 128 heavy (non-hydrogen) atoms. The van der Waals surface area contributed by atoms with Crippen LogP contribution in [0, 0.1) is 11.8 Å². The molecular formula is C88H84Cl4N20O16. The van der Waals surface area contributed by atoms with Crippen molar-refractivity contribution >= 4 is 150 Å². The maximum absolute atomic E-state index is 13.1. The highest BCUT2D eigenvalue weighted by Gasteiger charge is 2.54. The number of nitrogens with two attached hydrogens (primary N) is 4. The topological polar surface area (TPSA) is 473 Å². The second-order valence-electron chi connectivity index (χ2n) is 29.8. The fraction of sp³-hybridized carbons (Fsp3) is 0.295. The van der Waals surface area contributed by atoms with E-state index in [4.69, 9.17) is 117 Å². The van der Waals surface area contributed by atoms with Crippen molar-refractivity contribution in [3.05, 3.63) is 262 Å². The lowest BCUT2D eigenvalue weighted by Gasteiger charge is -2.25. The first kappa shape index (κ1) is 89.4. The van der Waals surface area contributed by atoms with E-state index in [2.05, 4.69) is 80.6 Å². The van der Waals surface area contributed by atoms with E-state index in [1.807, 2.05) is 25.3 Å². The number of ether oxygens (including phenoxy) is 10. The monoisotopic (exact) mass is 1820 g/mol. The van der Waals surface area contributed by atoms with Crippen LogP contribution in [0.1, 0.15) is 154 Å². The summed E-state index contributed by atoms with van der Waals surface area (Å²) in [7, 11) is 0.